The fourth-order valence-corrected chi connectivity index (χ4v) is 3.92. The fourth-order valence-electron chi connectivity index (χ4n) is 3.92. The van der Waals surface area contributed by atoms with Gasteiger partial charge in [-0.1, -0.05) is 12.1 Å². The van der Waals surface area contributed by atoms with E-state index >= 15 is 0 Å². The summed E-state index contributed by atoms with van der Waals surface area (Å²) < 4.78 is 11.2. The van der Waals surface area contributed by atoms with E-state index in [9.17, 15) is 0 Å². The van der Waals surface area contributed by atoms with Gasteiger partial charge in [-0.25, -0.2) is 20.8 Å². The van der Waals surface area contributed by atoms with Crippen LogP contribution in [-0.4, -0.2) is 54.4 Å². The number of hydrazine groups is 1. The number of nitrogens with one attached hydrogen (secondary N) is 3. The van der Waals surface area contributed by atoms with Gasteiger partial charge < -0.3 is 14.8 Å². The highest BCUT2D eigenvalue weighted by atomic mass is 16.5. The standard InChI is InChI=1S/C21H27N7O2/c1-28(16-5-6-30-13-16)12-14-3-4-17(19(7-14)29-2)18-8-20(27-26-18)25-21-11-23-15(9-22)10-24-21/h3-4,7,10-11,16,18,20,26-27H,5-6,8,12-13H2,1-2H3,(H,24,25). The summed E-state index contributed by atoms with van der Waals surface area (Å²) >= 11 is 0. The number of ether oxygens (including phenoxy) is 2. The van der Waals surface area contributed by atoms with Crippen LogP contribution in [0.3, 0.4) is 0 Å². The van der Waals surface area contributed by atoms with Gasteiger partial charge in [0, 0.05) is 31.2 Å². The first-order chi connectivity index (χ1) is 14.7. The minimum absolute atomic E-state index is 0.0184. The number of hydrogen-bond donors (Lipinski definition) is 3. The number of likely N-dealkylation sites (N-methyl/N-ethyl adjacent to an activating group) is 1. The molecule has 9 heteroatoms. The lowest BCUT2D eigenvalue weighted by Gasteiger charge is -2.23. The molecular formula is C21H27N7O2. The van der Waals surface area contributed by atoms with Crippen LogP contribution in [0.2, 0.25) is 0 Å². The molecule has 9 nitrogen and oxygen atoms in total. The van der Waals surface area contributed by atoms with Gasteiger partial charge in [0.05, 0.1) is 38.3 Å². The van der Waals surface area contributed by atoms with Gasteiger partial charge in [-0.2, -0.15) is 5.26 Å². The Morgan fingerprint density at radius 1 is 1.33 bits per heavy atom. The summed E-state index contributed by atoms with van der Waals surface area (Å²) in [5.41, 5.74) is 9.20. The van der Waals surface area contributed by atoms with Crippen molar-refractivity contribution < 1.29 is 9.47 Å². The van der Waals surface area contributed by atoms with Crippen molar-refractivity contribution in [1.82, 2.24) is 25.7 Å². The summed E-state index contributed by atoms with van der Waals surface area (Å²) in [6.07, 6.45) is 4.89. The molecule has 0 amide bonds. The van der Waals surface area contributed by atoms with E-state index in [1.165, 1.54) is 11.8 Å². The third kappa shape index (κ3) is 4.68. The number of aromatic nitrogens is 2. The van der Waals surface area contributed by atoms with Crippen LogP contribution in [0.25, 0.3) is 0 Å². The highest BCUT2D eigenvalue weighted by Gasteiger charge is 2.28. The fraction of sp³-hybridized carbons (Fsp3) is 0.476. The normalized spacial score (nSPS) is 23.5. The lowest BCUT2D eigenvalue weighted by Crippen LogP contribution is -2.36. The molecular weight excluding hydrogens is 382 g/mol. The zero-order valence-electron chi connectivity index (χ0n) is 17.3. The molecule has 30 heavy (non-hydrogen) atoms. The number of hydrogen-bond acceptors (Lipinski definition) is 9. The van der Waals surface area contributed by atoms with E-state index in [1.807, 2.05) is 6.07 Å². The Balaban J connectivity index is 1.39. The molecule has 0 aliphatic carbocycles. The second kappa shape index (κ2) is 9.36. The van der Waals surface area contributed by atoms with Gasteiger partial charge in [-0.3, -0.25) is 4.90 Å². The molecule has 1 aromatic carbocycles. The molecule has 2 aliphatic rings. The Morgan fingerprint density at radius 2 is 2.23 bits per heavy atom. The quantitative estimate of drug-likeness (QED) is 0.628. The topological polar surface area (TPSA) is 107 Å². The summed E-state index contributed by atoms with van der Waals surface area (Å²) in [4.78, 5) is 10.6. The highest BCUT2D eigenvalue weighted by molar-refractivity contribution is 5.41. The van der Waals surface area contributed by atoms with E-state index < -0.39 is 0 Å². The number of rotatable bonds is 7. The molecule has 0 spiro atoms. The van der Waals surface area contributed by atoms with E-state index in [2.05, 4.69) is 56.3 Å². The Bertz CT molecular complexity index is 893. The van der Waals surface area contributed by atoms with E-state index in [-0.39, 0.29) is 12.2 Å². The van der Waals surface area contributed by atoms with Crippen LogP contribution in [0.4, 0.5) is 5.82 Å². The van der Waals surface area contributed by atoms with E-state index in [1.54, 1.807) is 13.3 Å². The van der Waals surface area contributed by atoms with Gasteiger partial charge in [0.25, 0.3) is 0 Å². The molecule has 3 unspecified atom stereocenters. The third-order valence-electron chi connectivity index (χ3n) is 5.63. The van der Waals surface area contributed by atoms with Crippen LogP contribution in [0.1, 0.15) is 35.7 Å². The van der Waals surface area contributed by atoms with Crippen LogP contribution in [0.5, 0.6) is 5.75 Å². The molecule has 4 rings (SSSR count). The van der Waals surface area contributed by atoms with Gasteiger partial charge in [-0.15, -0.1) is 0 Å². The predicted molar refractivity (Wildman–Crippen MR) is 111 cm³/mol. The number of nitriles is 1. The first kappa shape index (κ1) is 20.5. The minimum atomic E-state index is -0.0184. The highest BCUT2D eigenvalue weighted by Crippen LogP contribution is 2.31. The van der Waals surface area contributed by atoms with Crippen LogP contribution >= 0.6 is 0 Å². The first-order valence-corrected chi connectivity index (χ1v) is 10.1. The van der Waals surface area contributed by atoms with E-state index in [0.717, 1.165) is 43.9 Å². The van der Waals surface area contributed by atoms with Gasteiger partial charge in [0.2, 0.25) is 0 Å². The number of nitrogens with zero attached hydrogens (tertiary/aromatic N) is 4. The van der Waals surface area contributed by atoms with Crippen molar-refractivity contribution >= 4 is 5.82 Å². The Hall–Kier alpha value is -2.77. The largest absolute Gasteiger partial charge is 0.496 e. The summed E-state index contributed by atoms with van der Waals surface area (Å²) in [5, 5.41) is 12.1. The van der Waals surface area contributed by atoms with Crippen molar-refractivity contribution in [2.75, 3.05) is 32.7 Å². The molecule has 158 valence electrons. The third-order valence-corrected chi connectivity index (χ3v) is 5.63. The van der Waals surface area contributed by atoms with Crippen molar-refractivity contribution in [2.45, 2.75) is 37.6 Å². The maximum absolute atomic E-state index is 8.83. The molecule has 3 atom stereocenters. The second-order valence-electron chi connectivity index (χ2n) is 7.68. The average molecular weight is 409 g/mol. The summed E-state index contributed by atoms with van der Waals surface area (Å²) in [5.74, 6) is 1.50. The molecule has 2 aromatic rings. The number of benzene rings is 1. The van der Waals surface area contributed by atoms with Crippen molar-refractivity contribution in [1.29, 1.82) is 5.26 Å². The maximum atomic E-state index is 8.83. The molecule has 0 radical (unpaired) electrons. The van der Waals surface area contributed by atoms with Crippen molar-refractivity contribution in [3.8, 4) is 11.8 Å². The predicted octanol–water partition coefficient (Wildman–Crippen LogP) is 1.55. The van der Waals surface area contributed by atoms with Crippen molar-refractivity contribution in [3.63, 3.8) is 0 Å². The lowest BCUT2D eigenvalue weighted by atomic mass is 10.0. The molecule has 2 fully saturated rings. The first-order valence-electron chi connectivity index (χ1n) is 10.1. The molecule has 2 saturated heterocycles. The van der Waals surface area contributed by atoms with Crippen LogP contribution < -0.4 is 20.9 Å². The Labute approximate surface area is 176 Å². The maximum Gasteiger partial charge on any atom is 0.158 e. The smallest absolute Gasteiger partial charge is 0.158 e. The molecule has 0 bridgehead atoms. The van der Waals surface area contributed by atoms with E-state index in [0.29, 0.717) is 17.6 Å². The van der Waals surface area contributed by atoms with Crippen molar-refractivity contribution in [2.24, 2.45) is 0 Å². The Morgan fingerprint density at radius 3 is 2.93 bits per heavy atom. The van der Waals surface area contributed by atoms with Gasteiger partial charge in [0.1, 0.15) is 17.6 Å². The molecule has 3 N–H and O–H groups in total. The summed E-state index contributed by atoms with van der Waals surface area (Å²) in [6.45, 7) is 2.52. The van der Waals surface area contributed by atoms with Gasteiger partial charge >= 0.3 is 0 Å². The minimum Gasteiger partial charge on any atom is -0.496 e. The number of anilines is 1. The molecule has 0 saturated carbocycles. The molecule has 3 heterocycles. The Kier molecular flexibility index (Phi) is 6.40. The zero-order chi connectivity index (χ0) is 20.9. The second-order valence-corrected chi connectivity index (χ2v) is 7.68. The van der Waals surface area contributed by atoms with Gasteiger partial charge in [0.15, 0.2) is 5.69 Å². The number of methoxy groups -OCH3 is 1. The van der Waals surface area contributed by atoms with Crippen LogP contribution in [0, 0.1) is 11.3 Å². The SMILES string of the molecule is COc1cc(CN(C)C2CCOC2)ccc1C1CC(Nc2cnc(C#N)cn2)NN1. The van der Waals surface area contributed by atoms with Gasteiger partial charge in [-0.05, 0) is 25.1 Å². The summed E-state index contributed by atoms with van der Waals surface area (Å²) in [6, 6.07) is 8.97. The summed E-state index contributed by atoms with van der Waals surface area (Å²) in [7, 11) is 3.85. The monoisotopic (exact) mass is 409 g/mol. The average Bonchev–Trinajstić information content (AvgIpc) is 3.47. The lowest BCUT2D eigenvalue weighted by molar-refractivity contribution is 0.156. The zero-order valence-corrected chi connectivity index (χ0v) is 17.3. The van der Waals surface area contributed by atoms with Crippen LogP contribution in [0.15, 0.2) is 30.6 Å². The van der Waals surface area contributed by atoms with E-state index in [4.69, 9.17) is 14.7 Å². The molecule has 1 aromatic heterocycles. The van der Waals surface area contributed by atoms with Crippen molar-refractivity contribution in [3.05, 3.63) is 47.4 Å². The molecule has 2 aliphatic heterocycles. The van der Waals surface area contributed by atoms with Crippen LogP contribution in [-0.2, 0) is 11.3 Å².